The predicted octanol–water partition coefficient (Wildman–Crippen LogP) is 2.66. The van der Waals surface area contributed by atoms with Crippen molar-refractivity contribution in [2.24, 2.45) is 0 Å². The summed E-state index contributed by atoms with van der Waals surface area (Å²) in [5.41, 5.74) is 0.903. The van der Waals surface area contributed by atoms with Crippen molar-refractivity contribution in [3.63, 3.8) is 0 Å². The molecule has 86 valence electrons. The molecule has 17 heavy (non-hydrogen) atoms. The Balaban J connectivity index is 2.39. The molecule has 3 rings (SSSR count). The summed E-state index contributed by atoms with van der Waals surface area (Å²) in [7, 11) is 0. The van der Waals surface area contributed by atoms with Gasteiger partial charge in [0.15, 0.2) is 16.4 Å². The van der Waals surface area contributed by atoms with E-state index in [9.17, 15) is 4.79 Å². The number of carboxylic acid groups (broad SMARTS) is 1. The standard InChI is InChI=1S/C11H8N2O3S/c1-6-9(8-3-2-4-16-8)13-7(10(14)15)5-12-11(13)17-6/h2-5H,1H3,(H,14,15). The minimum atomic E-state index is -0.997. The van der Waals surface area contributed by atoms with Crippen LogP contribution in [0.4, 0.5) is 0 Å². The van der Waals surface area contributed by atoms with E-state index in [0.717, 1.165) is 10.6 Å². The van der Waals surface area contributed by atoms with Gasteiger partial charge in [0.1, 0.15) is 5.69 Å². The van der Waals surface area contributed by atoms with Crippen molar-refractivity contribution in [3.8, 4) is 11.5 Å². The Morgan fingerprint density at radius 1 is 1.59 bits per heavy atom. The fourth-order valence-electron chi connectivity index (χ4n) is 1.81. The summed E-state index contributed by atoms with van der Waals surface area (Å²) in [6, 6.07) is 3.58. The monoisotopic (exact) mass is 248 g/mol. The molecule has 0 saturated heterocycles. The van der Waals surface area contributed by atoms with Crippen molar-refractivity contribution in [1.82, 2.24) is 9.38 Å². The van der Waals surface area contributed by atoms with Crippen LogP contribution in [-0.2, 0) is 0 Å². The lowest BCUT2D eigenvalue weighted by molar-refractivity contribution is 0.0689. The highest BCUT2D eigenvalue weighted by atomic mass is 32.1. The van der Waals surface area contributed by atoms with E-state index in [1.54, 1.807) is 22.8 Å². The van der Waals surface area contributed by atoms with E-state index in [-0.39, 0.29) is 5.69 Å². The molecule has 0 aliphatic carbocycles. The van der Waals surface area contributed by atoms with E-state index in [0.29, 0.717) is 10.7 Å². The molecule has 6 heteroatoms. The van der Waals surface area contributed by atoms with Crippen LogP contribution in [0.15, 0.2) is 29.0 Å². The van der Waals surface area contributed by atoms with Crippen LogP contribution in [0.1, 0.15) is 15.4 Å². The van der Waals surface area contributed by atoms with Crippen LogP contribution in [0.25, 0.3) is 16.4 Å². The molecule has 0 unspecified atom stereocenters. The van der Waals surface area contributed by atoms with Gasteiger partial charge in [0.2, 0.25) is 0 Å². The lowest BCUT2D eigenvalue weighted by Crippen LogP contribution is -2.01. The highest BCUT2D eigenvalue weighted by molar-refractivity contribution is 7.17. The van der Waals surface area contributed by atoms with Crippen LogP contribution in [0.5, 0.6) is 0 Å². The smallest absolute Gasteiger partial charge is 0.354 e. The van der Waals surface area contributed by atoms with Crippen molar-refractivity contribution < 1.29 is 14.3 Å². The van der Waals surface area contributed by atoms with Crippen molar-refractivity contribution in [3.05, 3.63) is 35.2 Å². The number of fused-ring (bicyclic) bond motifs is 1. The third-order valence-electron chi connectivity index (χ3n) is 2.50. The summed E-state index contributed by atoms with van der Waals surface area (Å²) >= 11 is 1.44. The van der Waals surface area contributed by atoms with E-state index in [2.05, 4.69) is 4.98 Å². The zero-order valence-electron chi connectivity index (χ0n) is 8.88. The Hall–Kier alpha value is -2.08. The van der Waals surface area contributed by atoms with Gasteiger partial charge in [-0.15, -0.1) is 11.3 Å². The van der Waals surface area contributed by atoms with Gasteiger partial charge in [-0.3, -0.25) is 4.40 Å². The quantitative estimate of drug-likeness (QED) is 0.757. The summed E-state index contributed by atoms with van der Waals surface area (Å²) in [4.78, 5) is 16.8. The molecule has 1 N–H and O–H groups in total. The molecule has 5 nitrogen and oxygen atoms in total. The molecule has 0 spiro atoms. The number of carboxylic acids is 1. The molecule has 0 aromatic carbocycles. The highest BCUT2D eigenvalue weighted by Gasteiger charge is 2.20. The fraction of sp³-hybridized carbons (Fsp3) is 0.0909. The summed E-state index contributed by atoms with van der Waals surface area (Å²) in [5, 5.41) is 9.12. The lowest BCUT2D eigenvalue weighted by atomic mass is 10.3. The first-order valence-corrected chi connectivity index (χ1v) is 5.74. The molecule has 0 bridgehead atoms. The number of thiazole rings is 1. The molecular formula is C11H8N2O3S. The van der Waals surface area contributed by atoms with E-state index in [4.69, 9.17) is 9.52 Å². The Morgan fingerprint density at radius 3 is 3.06 bits per heavy atom. The molecule has 0 radical (unpaired) electrons. The van der Waals surface area contributed by atoms with E-state index >= 15 is 0 Å². The number of aromatic carboxylic acids is 1. The first-order valence-electron chi connectivity index (χ1n) is 4.92. The zero-order valence-corrected chi connectivity index (χ0v) is 9.69. The van der Waals surface area contributed by atoms with Crippen LogP contribution in [0.2, 0.25) is 0 Å². The van der Waals surface area contributed by atoms with Gasteiger partial charge < -0.3 is 9.52 Å². The fourth-order valence-corrected chi connectivity index (χ4v) is 2.76. The van der Waals surface area contributed by atoms with Crippen LogP contribution < -0.4 is 0 Å². The summed E-state index contributed by atoms with van der Waals surface area (Å²) < 4.78 is 6.95. The van der Waals surface area contributed by atoms with Crippen LogP contribution in [0, 0.1) is 6.92 Å². The maximum Gasteiger partial charge on any atom is 0.354 e. The molecule has 3 aromatic heterocycles. The number of aromatic nitrogens is 2. The number of hydrogen-bond donors (Lipinski definition) is 1. The van der Waals surface area contributed by atoms with Crippen molar-refractivity contribution >= 4 is 22.3 Å². The van der Waals surface area contributed by atoms with E-state index in [1.807, 2.05) is 6.92 Å². The van der Waals surface area contributed by atoms with E-state index in [1.165, 1.54) is 17.5 Å². The average molecular weight is 248 g/mol. The van der Waals surface area contributed by atoms with Crippen LogP contribution >= 0.6 is 11.3 Å². The number of rotatable bonds is 2. The largest absolute Gasteiger partial charge is 0.477 e. The lowest BCUT2D eigenvalue weighted by Gasteiger charge is -1.99. The summed E-state index contributed by atoms with van der Waals surface area (Å²) in [6.45, 7) is 1.92. The van der Waals surface area contributed by atoms with Gasteiger partial charge in [-0.05, 0) is 19.1 Å². The normalized spacial score (nSPS) is 11.1. The SMILES string of the molecule is Cc1sc2ncc(C(=O)O)n2c1-c1ccco1. The molecule has 3 aromatic rings. The summed E-state index contributed by atoms with van der Waals surface area (Å²) in [6.07, 6.45) is 2.93. The molecule has 0 fully saturated rings. The first kappa shape index (κ1) is 10.1. The van der Waals surface area contributed by atoms with Gasteiger partial charge in [0.05, 0.1) is 12.5 Å². The molecule has 0 aliphatic rings. The molecule has 0 saturated carbocycles. The maximum atomic E-state index is 11.1. The predicted molar refractivity (Wildman–Crippen MR) is 62.5 cm³/mol. The number of hydrogen-bond acceptors (Lipinski definition) is 4. The third kappa shape index (κ3) is 1.38. The van der Waals surface area contributed by atoms with Gasteiger partial charge >= 0.3 is 5.97 Å². The van der Waals surface area contributed by atoms with Crippen molar-refractivity contribution in [2.45, 2.75) is 6.92 Å². The van der Waals surface area contributed by atoms with Gasteiger partial charge in [-0.25, -0.2) is 9.78 Å². The Bertz CT molecular complexity index is 694. The van der Waals surface area contributed by atoms with Gasteiger partial charge in [-0.1, -0.05) is 0 Å². The second kappa shape index (κ2) is 3.46. The van der Waals surface area contributed by atoms with Crippen molar-refractivity contribution in [2.75, 3.05) is 0 Å². The Labute approximate surface area is 99.9 Å². The third-order valence-corrected chi connectivity index (χ3v) is 3.47. The van der Waals surface area contributed by atoms with Crippen LogP contribution in [0.3, 0.4) is 0 Å². The second-order valence-electron chi connectivity index (χ2n) is 3.55. The number of furan rings is 1. The van der Waals surface area contributed by atoms with Crippen molar-refractivity contribution in [1.29, 1.82) is 0 Å². The summed E-state index contributed by atoms with van der Waals surface area (Å²) in [5.74, 6) is -0.350. The molecule has 3 heterocycles. The number of carbonyl (C=O) groups is 1. The maximum absolute atomic E-state index is 11.1. The number of aryl methyl sites for hydroxylation is 1. The molecular weight excluding hydrogens is 240 g/mol. The molecule has 0 amide bonds. The zero-order chi connectivity index (χ0) is 12.0. The average Bonchev–Trinajstić information content (AvgIpc) is 2.91. The number of nitrogens with zero attached hydrogens (tertiary/aromatic N) is 2. The molecule has 0 atom stereocenters. The Kier molecular flexibility index (Phi) is 2.05. The van der Waals surface area contributed by atoms with Gasteiger partial charge in [0.25, 0.3) is 0 Å². The minimum Gasteiger partial charge on any atom is -0.477 e. The second-order valence-corrected chi connectivity index (χ2v) is 4.73. The van der Waals surface area contributed by atoms with E-state index < -0.39 is 5.97 Å². The molecule has 0 aliphatic heterocycles. The topological polar surface area (TPSA) is 67.7 Å². The first-order chi connectivity index (χ1) is 8.18. The van der Waals surface area contributed by atoms with Gasteiger partial charge in [0, 0.05) is 4.88 Å². The minimum absolute atomic E-state index is 0.149. The van der Waals surface area contributed by atoms with Crippen LogP contribution in [-0.4, -0.2) is 20.5 Å². The Morgan fingerprint density at radius 2 is 2.41 bits per heavy atom. The number of imidazole rings is 1. The van der Waals surface area contributed by atoms with Gasteiger partial charge in [-0.2, -0.15) is 0 Å². The highest BCUT2D eigenvalue weighted by Crippen LogP contribution is 2.32.